The molecule has 0 saturated carbocycles. The van der Waals surface area contributed by atoms with Crippen LogP contribution in [-0.4, -0.2) is 25.2 Å². The van der Waals surface area contributed by atoms with E-state index in [0.29, 0.717) is 23.9 Å². The molecule has 0 bridgehead atoms. The lowest BCUT2D eigenvalue weighted by Gasteiger charge is -2.29. The molecular formula is C12H23N3O2S. The Kier molecular flexibility index (Phi) is 4.23. The lowest BCUT2D eigenvalue weighted by molar-refractivity contribution is 0.252. The molecule has 0 aliphatic heterocycles. The van der Waals surface area contributed by atoms with Crippen LogP contribution in [0.4, 0.5) is 0 Å². The quantitative estimate of drug-likeness (QED) is 0.861. The number of aryl methyl sites for hydroxylation is 2. The summed E-state index contributed by atoms with van der Waals surface area (Å²) >= 11 is 0. The number of hydrogen-bond donors (Lipinski definition) is 2. The summed E-state index contributed by atoms with van der Waals surface area (Å²) in [4.78, 5) is 0.266. The first-order valence-electron chi connectivity index (χ1n) is 6.09. The van der Waals surface area contributed by atoms with Crippen LogP contribution in [0.3, 0.4) is 0 Å². The van der Waals surface area contributed by atoms with Crippen LogP contribution in [0.15, 0.2) is 4.90 Å². The molecule has 0 unspecified atom stereocenters. The molecule has 0 aliphatic rings. The first-order valence-corrected chi connectivity index (χ1v) is 7.57. The Labute approximate surface area is 109 Å². The van der Waals surface area contributed by atoms with Crippen LogP contribution in [0.1, 0.15) is 39.1 Å². The monoisotopic (exact) mass is 273 g/mol. The fourth-order valence-electron chi connectivity index (χ4n) is 1.49. The molecule has 1 aromatic rings. The Morgan fingerprint density at radius 3 is 2.28 bits per heavy atom. The van der Waals surface area contributed by atoms with Crippen molar-refractivity contribution in [3.05, 3.63) is 11.4 Å². The third-order valence-electron chi connectivity index (χ3n) is 3.61. The minimum atomic E-state index is -3.49. The van der Waals surface area contributed by atoms with Gasteiger partial charge in [-0.1, -0.05) is 27.7 Å². The predicted molar refractivity (Wildman–Crippen MR) is 71.9 cm³/mol. The standard InChI is InChI=1S/C12H23N3O2S/c1-8(2)12(5,6)7-13-18(16,17)11-9(3)14-15-10(11)4/h8,13H,7H2,1-6H3,(H,14,15). The van der Waals surface area contributed by atoms with Crippen molar-refractivity contribution in [2.75, 3.05) is 6.54 Å². The van der Waals surface area contributed by atoms with Gasteiger partial charge in [0, 0.05) is 6.54 Å². The van der Waals surface area contributed by atoms with Crippen molar-refractivity contribution in [2.24, 2.45) is 11.3 Å². The van der Waals surface area contributed by atoms with Gasteiger partial charge in [-0.15, -0.1) is 0 Å². The lowest BCUT2D eigenvalue weighted by atomic mass is 9.81. The molecule has 1 aromatic heterocycles. The second-order valence-electron chi connectivity index (χ2n) is 5.73. The maximum absolute atomic E-state index is 12.2. The summed E-state index contributed by atoms with van der Waals surface area (Å²) in [5.74, 6) is 0.395. The maximum atomic E-state index is 12.2. The van der Waals surface area contributed by atoms with Gasteiger partial charge in [0.1, 0.15) is 4.90 Å². The number of sulfonamides is 1. The fourth-order valence-corrected chi connectivity index (χ4v) is 3.08. The first kappa shape index (κ1) is 15.2. The van der Waals surface area contributed by atoms with Gasteiger partial charge in [-0.2, -0.15) is 5.10 Å². The molecule has 0 saturated heterocycles. The van der Waals surface area contributed by atoms with Gasteiger partial charge in [0.15, 0.2) is 0 Å². The SMILES string of the molecule is Cc1n[nH]c(C)c1S(=O)(=O)NCC(C)(C)C(C)C. The summed E-state index contributed by atoms with van der Waals surface area (Å²) in [6, 6.07) is 0. The van der Waals surface area contributed by atoms with Crippen LogP contribution in [0.5, 0.6) is 0 Å². The summed E-state index contributed by atoms with van der Waals surface area (Å²) in [6.07, 6.45) is 0. The van der Waals surface area contributed by atoms with Crippen molar-refractivity contribution < 1.29 is 8.42 Å². The van der Waals surface area contributed by atoms with Crippen molar-refractivity contribution in [1.29, 1.82) is 0 Å². The molecule has 18 heavy (non-hydrogen) atoms. The van der Waals surface area contributed by atoms with Crippen LogP contribution >= 0.6 is 0 Å². The number of H-pyrrole nitrogens is 1. The van der Waals surface area contributed by atoms with E-state index in [4.69, 9.17) is 0 Å². The molecular weight excluding hydrogens is 250 g/mol. The minimum Gasteiger partial charge on any atom is -0.281 e. The van der Waals surface area contributed by atoms with Crippen molar-refractivity contribution in [3.8, 4) is 0 Å². The van der Waals surface area contributed by atoms with E-state index in [-0.39, 0.29) is 10.3 Å². The summed E-state index contributed by atoms with van der Waals surface area (Å²) in [6.45, 7) is 12.1. The molecule has 0 fully saturated rings. The predicted octanol–water partition coefficient (Wildman–Crippen LogP) is 1.99. The Morgan fingerprint density at radius 1 is 1.33 bits per heavy atom. The van der Waals surface area contributed by atoms with Gasteiger partial charge in [0.25, 0.3) is 0 Å². The van der Waals surface area contributed by atoms with Crippen molar-refractivity contribution in [3.63, 3.8) is 0 Å². The van der Waals surface area contributed by atoms with E-state index < -0.39 is 10.0 Å². The van der Waals surface area contributed by atoms with E-state index >= 15 is 0 Å². The highest BCUT2D eigenvalue weighted by Crippen LogP contribution is 2.26. The fraction of sp³-hybridized carbons (Fsp3) is 0.750. The Bertz CT molecular complexity index is 496. The van der Waals surface area contributed by atoms with Crippen molar-refractivity contribution in [2.45, 2.75) is 46.4 Å². The third kappa shape index (κ3) is 3.11. The van der Waals surface area contributed by atoms with Crippen molar-refractivity contribution >= 4 is 10.0 Å². The van der Waals surface area contributed by atoms with Gasteiger partial charge in [0.05, 0.1) is 11.4 Å². The Morgan fingerprint density at radius 2 is 1.89 bits per heavy atom. The van der Waals surface area contributed by atoms with E-state index in [9.17, 15) is 8.42 Å². The topological polar surface area (TPSA) is 74.8 Å². The summed E-state index contributed by atoms with van der Waals surface area (Å²) in [5, 5.41) is 6.61. The van der Waals surface area contributed by atoms with Crippen LogP contribution in [-0.2, 0) is 10.0 Å². The van der Waals surface area contributed by atoms with E-state index in [1.165, 1.54) is 0 Å². The highest BCUT2D eigenvalue weighted by atomic mass is 32.2. The average Bonchev–Trinajstić information content (AvgIpc) is 2.56. The highest BCUT2D eigenvalue weighted by Gasteiger charge is 2.27. The van der Waals surface area contributed by atoms with E-state index in [2.05, 4.69) is 42.6 Å². The van der Waals surface area contributed by atoms with Crippen LogP contribution in [0.25, 0.3) is 0 Å². The van der Waals surface area contributed by atoms with Gasteiger partial charge in [0.2, 0.25) is 10.0 Å². The largest absolute Gasteiger partial charge is 0.281 e. The zero-order valence-corrected chi connectivity index (χ0v) is 12.8. The van der Waals surface area contributed by atoms with Gasteiger partial charge in [-0.3, -0.25) is 5.10 Å². The number of rotatable bonds is 5. The maximum Gasteiger partial charge on any atom is 0.244 e. The summed E-state index contributed by atoms with van der Waals surface area (Å²) in [5.41, 5.74) is 0.989. The first-order chi connectivity index (χ1) is 8.08. The molecule has 5 nitrogen and oxygen atoms in total. The molecule has 6 heteroatoms. The Balaban J connectivity index is 2.91. The number of aromatic amines is 1. The summed E-state index contributed by atoms with van der Waals surface area (Å²) in [7, 11) is -3.49. The molecule has 0 spiro atoms. The zero-order valence-electron chi connectivity index (χ0n) is 12.0. The highest BCUT2D eigenvalue weighted by molar-refractivity contribution is 7.89. The van der Waals surface area contributed by atoms with Crippen LogP contribution in [0, 0.1) is 25.2 Å². The molecule has 104 valence electrons. The number of nitrogens with zero attached hydrogens (tertiary/aromatic N) is 1. The molecule has 0 aliphatic carbocycles. The van der Waals surface area contributed by atoms with Gasteiger partial charge in [-0.05, 0) is 25.2 Å². The smallest absolute Gasteiger partial charge is 0.244 e. The summed E-state index contributed by atoms with van der Waals surface area (Å²) < 4.78 is 27.1. The molecule has 0 radical (unpaired) electrons. The molecule has 2 N–H and O–H groups in total. The van der Waals surface area contributed by atoms with Gasteiger partial charge >= 0.3 is 0 Å². The number of aromatic nitrogens is 2. The minimum absolute atomic E-state index is 0.0847. The van der Waals surface area contributed by atoms with E-state index in [1.54, 1.807) is 13.8 Å². The zero-order chi connectivity index (χ0) is 14.1. The normalized spacial score (nSPS) is 13.3. The van der Waals surface area contributed by atoms with E-state index in [1.807, 2.05) is 0 Å². The van der Waals surface area contributed by atoms with Gasteiger partial charge in [-0.25, -0.2) is 13.1 Å². The lowest BCUT2D eigenvalue weighted by Crippen LogP contribution is -2.37. The second-order valence-corrected chi connectivity index (χ2v) is 7.43. The average molecular weight is 273 g/mol. The van der Waals surface area contributed by atoms with Crippen molar-refractivity contribution in [1.82, 2.24) is 14.9 Å². The number of nitrogens with one attached hydrogen (secondary N) is 2. The molecule has 1 heterocycles. The molecule has 1 rings (SSSR count). The third-order valence-corrected chi connectivity index (χ3v) is 5.27. The van der Waals surface area contributed by atoms with E-state index in [0.717, 1.165) is 0 Å². The molecule has 0 atom stereocenters. The van der Waals surface area contributed by atoms with Crippen LogP contribution in [0.2, 0.25) is 0 Å². The number of hydrogen-bond acceptors (Lipinski definition) is 3. The molecule has 0 amide bonds. The van der Waals surface area contributed by atoms with Crippen LogP contribution < -0.4 is 4.72 Å². The van der Waals surface area contributed by atoms with Gasteiger partial charge < -0.3 is 0 Å². The second kappa shape index (κ2) is 5.01. The molecule has 0 aromatic carbocycles. The Hall–Kier alpha value is -0.880.